The van der Waals surface area contributed by atoms with E-state index < -0.39 is 0 Å². The number of pyridine rings is 1. The van der Waals surface area contributed by atoms with Gasteiger partial charge in [-0.25, -0.2) is 9.97 Å². The lowest BCUT2D eigenvalue weighted by atomic mass is 10.1. The maximum absolute atomic E-state index is 13.5. The van der Waals surface area contributed by atoms with Crippen molar-refractivity contribution in [3.63, 3.8) is 0 Å². The van der Waals surface area contributed by atoms with Crippen molar-refractivity contribution in [2.75, 3.05) is 51.2 Å². The summed E-state index contributed by atoms with van der Waals surface area (Å²) in [4.78, 5) is 40.0. The summed E-state index contributed by atoms with van der Waals surface area (Å²) in [5.41, 5.74) is 3.21. The topological polar surface area (TPSA) is 116 Å². The number of hydrogen-bond acceptors (Lipinski definition) is 7. The average Bonchev–Trinajstić information content (AvgIpc) is 3.36. The number of nitrogens with zero attached hydrogens (tertiary/aromatic N) is 5. The molecule has 0 saturated carbocycles. The number of likely N-dealkylation sites (tertiary alicyclic amines) is 1. The fourth-order valence-electron chi connectivity index (χ4n) is 5.34. The molecule has 3 N–H and O–H groups in total. The number of carbonyl (C=O) groups is 2. The van der Waals surface area contributed by atoms with Crippen LogP contribution in [0.3, 0.4) is 0 Å². The number of aromatic nitrogens is 3. The van der Waals surface area contributed by atoms with E-state index in [1.165, 1.54) is 19.3 Å². The first-order valence-corrected chi connectivity index (χ1v) is 15.7. The number of imidazole rings is 1. The quantitative estimate of drug-likeness (QED) is 0.224. The molecule has 3 heterocycles. The Morgan fingerprint density at radius 3 is 2.29 bits per heavy atom. The van der Waals surface area contributed by atoms with Crippen LogP contribution in [0.25, 0.3) is 11.2 Å². The van der Waals surface area contributed by atoms with Gasteiger partial charge in [-0.05, 0) is 88.1 Å². The number of benzene rings is 1. The fourth-order valence-corrected chi connectivity index (χ4v) is 5.34. The van der Waals surface area contributed by atoms with Gasteiger partial charge in [0.1, 0.15) is 11.2 Å². The largest absolute Gasteiger partial charge is 0.395 e. The number of unbranched alkanes of at least 4 members (excludes halogenated alkanes) is 2. The highest BCUT2D eigenvalue weighted by Crippen LogP contribution is 2.24. The SMILES string of the molecule is CCCCN(CCCC)C(=O)c1ccc2nc(Nc3ccc(C(=O)NCCO)cc3)n(CCCN3CCCCC3)c2n1. The van der Waals surface area contributed by atoms with Crippen molar-refractivity contribution in [1.82, 2.24) is 29.7 Å². The molecule has 10 heteroatoms. The predicted octanol–water partition coefficient (Wildman–Crippen LogP) is 4.82. The first-order valence-electron chi connectivity index (χ1n) is 15.7. The molecule has 1 fully saturated rings. The van der Waals surface area contributed by atoms with Crippen LogP contribution in [0, 0.1) is 0 Å². The summed E-state index contributed by atoms with van der Waals surface area (Å²) in [6.45, 7) is 9.91. The second kappa shape index (κ2) is 16.2. The Kier molecular flexibility index (Phi) is 12.1. The molecule has 1 aliphatic rings. The van der Waals surface area contributed by atoms with E-state index in [1.54, 1.807) is 18.2 Å². The molecule has 1 aliphatic heterocycles. The minimum Gasteiger partial charge on any atom is -0.395 e. The first-order chi connectivity index (χ1) is 20.5. The summed E-state index contributed by atoms with van der Waals surface area (Å²) in [5, 5.41) is 15.1. The Balaban J connectivity index is 1.59. The van der Waals surface area contributed by atoms with Gasteiger partial charge < -0.3 is 25.5 Å². The van der Waals surface area contributed by atoms with E-state index in [4.69, 9.17) is 15.1 Å². The zero-order valence-electron chi connectivity index (χ0n) is 25.3. The number of carbonyl (C=O) groups excluding carboxylic acids is 2. The normalized spacial score (nSPS) is 13.8. The van der Waals surface area contributed by atoms with Gasteiger partial charge in [-0.15, -0.1) is 0 Å². The number of piperidine rings is 1. The molecule has 1 saturated heterocycles. The maximum Gasteiger partial charge on any atom is 0.272 e. The summed E-state index contributed by atoms with van der Waals surface area (Å²) in [5.74, 6) is 0.408. The molecule has 42 heavy (non-hydrogen) atoms. The van der Waals surface area contributed by atoms with E-state index in [0.29, 0.717) is 22.9 Å². The van der Waals surface area contributed by atoms with Gasteiger partial charge in [0.2, 0.25) is 5.95 Å². The average molecular weight is 578 g/mol. The molecule has 2 aromatic heterocycles. The molecule has 1 aromatic carbocycles. The van der Waals surface area contributed by atoms with Gasteiger partial charge in [-0.1, -0.05) is 33.1 Å². The van der Waals surface area contributed by atoms with Gasteiger partial charge in [-0.3, -0.25) is 14.2 Å². The molecule has 4 rings (SSSR count). The Morgan fingerprint density at radius 1 is 0.905 bits per heavy atom. The molecule has 0 aliphatic carbocycles. The Morgan fingerprint density at radius 2 is 1.62 bits per heavy atom. The Bertz CT molecular complexity index is 1280. The van der Waals surface area contributed by atoms with Gasteiger partial charge in [0, 0.05) is 37.4 Å². The summed E-state index contributed by atoms with van der Waals surface area (Å²) >= 11 is 0. The number of aryl methyl sites for hydroxylation is 1. The zero-order chi connectivity index (χ0) is 29.7. The molecule has 228 valence electrons. The fraction of sp³-hybridized carbons (Fsp3) is 0.562. The number of hydrogen-bond donors (Lipinski definition) is 3. The zero-order valence-corrected chi connectivity index (χ0v) is 25.3. The molecule has 0 spiro atoms. The Hall–Kier alpha value is -3.50. The highest BCUT2D eigenvalue weighted by atomic mass is 16.3. The van der Waals surface area contributed by atoms with Crippen LogP contribution >= 0.6 is 0 Å². The number of amides is 2. The number of fused-ring (bicyclic) bond motifs is 1. The van der Waals surface area contributed by atoms with Gasteiger partial charge in [0.15, 0.2) is 5.65 Å². The highest BCUT2D eigenvalue weighted by Gasteiger charge is 2.20. The third kappa shape index (κ3) is 8.51. The van der Waals surface area contributed by atoms with Crippen molar-refractivity contribution in [1.29, 1.82) is 0 Å². The van der Waals surface area contributed by atoms with E-state index in [-0.39, 0.29) is 25.0 Å². The first kappa shape index (κ1) is 31.4. The molecular weight excluding hydrogens is 530 g/mol. The summed E-state index contributed by atoms with van der Waals surface area (Å²) < 4.78 is 2.08. The third-order valence-electron chi connectivity index (χ3n) is 7.77. The van der Waals surface area contributed by atoms with E-state index in [2.05, 4.69) is 33.9 Å². The van der Waals surface area contributed by atoms with Crippen LogP contribution in [0.15, 0.2) is 36.4 Å². The van der Waals surface area contributed by atoms with Crippen LogP contribution < -0.4 is 10.6 Å². The van der Waals surface area contributed by atoms with Gasteiger partial charge in [-0.2, -0.15) is 0 Å². The summed E-state index contributed by atoms with van der Waals surface area (Å²) in [7, 11) is 0. The molecule has 0 bridgehead atoms. The molecular formula is C32H47N7O3. The molecule has 0 radical (unpaired) electrons. The van der Waals surface area contributed by atoms with E-state index in [1.807, 2.05) is 23.1 Å². The molecule has 2 amide bonds. The monoisotopic (exact) mass is 577 g/mol. The highest BCUT2D eigenvalue weighted by molar-refractivity contribution is 5.95. The van der Waals surface area contributed by atoms with E-state index in [0.717, 1.165) is 82.6 Å². The van der Waals surface area contributed by atoms with Gasteiger partial charge >= 0.3 is 0 Å². The molecule has 0 unspecified atom stereocenters. The van der Waals surface area contributed by atoms with Crippen molar-refractivity contribution in [3.05, 3.63) is 47.7 Å². The van der Waals surface area contributed by atoms with Gasteiger partial charge in [0.05, 0.1) is 6.61 Å². The molecule has 3 aromatic rings. The van der Waals surface area contributed by atoms with Crippen LogP contribution in [0.4, 0.5) is 11.6 Å². The van der Waals surface area contributed by atoms with Crippen LogP contribution in [0.2, 0.25) is 0 Å². The molecule has 10 nitrogen and oxygen atoms in total. The van der Waals surface area contributed by atoms with E-state index >= 15 is 0 Å². The lowest BCUT2D eigenvalue weighted by Crippen LogP contribution is -2.33. The Labute approximate surface area is 249 Å². The van der Waals surface area contributed by atoms with Crippen LogP contribution in [0.5, 0.6) is 0 Å². The number of aliphatic hydroxyl groups is 1. The summed E-state index contributed by atoms with van der Waals surface area (Å²) in [6.07, 6.45) is 8.80. The number of aliphatic hydroxyl groups excluding tert-OH is 1. The van der Waals surface area contributed by atoms with Crippen molar-refractivity contribution < 1.29 is 14.7 Å². The van der Waals surface area contributed by atoms with Crippen LogP contribution in [-0.2, 0) is 6.54 Å². The van der Waals surface area contributed by atoms with Crippen molar-refractivity contribution in [3.8, 4) is 0 Å². The maximum atomic E-state index is 13.5. The minimum atomic E-state index is -0.228. The number of rotatable bonds is 16. The van der Waals surface area contributed by atoms with Crippen molar-refractivity contribution in [2.45, 2.75) is 71.8 Å². The second-order valence-corrected chi connectivity index (χ2v) is 11.1. The number of nitrogens with one attached hydrogen (secondary N) is 2. The standard InChI is InChI=1S/C32H47N7O3/c1-3-5-21-38(22-6-4-2)31(42)28-16-15-27-29(35-28)39(23-10-20-37-18-8-7-9-19-37)32(36-27)34-26-13-11-25(12-14-26)30(41)33-17-24-40/h11-16,40H,3-10,17-24H2,1-2H3,(H,33,41)(H,34,36). The van der Waals surface area contributed by atoms with E-state index in [9.17, 15) is 9.59 Å². The summed E-state index contributed by atoms with van der Waals surface area (Å²) in [6, 6.07) is 10.9. The van der Waals surface area contributed by atoms with Crippen molar-refractivity contribution >= 4 is 34.6 Å². The second-order valence-electron chi connectivity index (χ2n) is 11.1. The lowest BCUT2D eigenvalue weighted by molar-refractivity contribution is 0.0745. The van der Waals surface area contributed by atoms with Gasteiger partial charge in [0.25, 0.3) is 11.8 Å². The number of anilines is 2. The molecule has 0 atom stereocenters. The minimum absolute atomic E-state index is 0.0237. The lowest BCUT2D eigenvalue weighted by Gasteiger charge is -2.26. The van der Waals surface area contributed by atoms with Crippen LogP contribution in [-0.4, -0.2) is 87.1 Å². The predicted molar refractivity (Wildman–Crippen MR) is 167 cm³/mol. The van der Waals surface area contributed by atoms with Crippen molar-refractivity contribution in [2.24, 2.45) is 0 Å². The third-order valence-corrected chi connectivity index (χ3v) is 7.77. The van der Waals surface area contributed by atoms with Crippen LogP contribution in [0.1, 0.15) is 86.1 Å². The smallest absolute Gasteiger partial charge is 0.272 e.